The Labute approximate surface area is 121 Å². The van der Waals surface area contributed by atoms with E-state index in [1.54, 1.807) is 0 Å². The van der Waals surface area contributed by atoms with Crippen molar-refractivity contribution in [2.45, 2.75) is 0 Å². The summed E-state index contributed by atoms with van der Waals surface area (Å²) < 4.78 is 52.6. The molecule has 0 fully saturated rings. The van der Waals surface area contributed by atoms with Gasteiger partial charge in [0.2, 0.25) is 0 Å². The maximum atomic E-state index is 13.2. The first-order chi connectivity index (χ1) is 9.95. The zero-order valence-corrected chi connectivity index (χ0v) is 10.9. The maximum absolute atomic E-state index is 13.2. The average Bonchev–Trinajstić information content (AvgIpc) is 2.44. The van der Waals surface area contributed by atoms with E-state index in [1.165, 1.54) is 12.1 Å². The van der Waals surface area contributed by atoms with Crippen molar-refractivity contribution >= 4 is 22.5 Å². The van der Waals surface area contributed by atoms with Crippen LogP contribution in [0.4, 0.5) is 17.6 Å². The van der Waals surface area contributed by atoms with Gasteiger partial charge in [0.15, 0.2) is 23.3 Å². The van der Waals surface area contributed by atoms with Gasteiger partial charge in [0.25, 0.3) is 0 Å². The van der Waals surface area contributed by atoms with E-state index in [0.717, 1.165) is 18.2 Å². The molecule has 2 aromatic carbocycles. The molecule has 0 atom stereocenters. The average molecular weight is 313 g/mol. The summed E-state index contributed by atoms with van der Waals surface area (Å²) in [6.07, 6.45) is 0. The predicted octanol–water partition coefficient (Wildman–Crippen LogP) is 4.51. The van der Waals surface area contributed by atoms with Gasteiger partial charge in [0.05, 0.1) is 5.52 Å². The Bertz CT molecular complexity index is 844. The zero-order chi connectivity index (χ0) is 15.1. The van der Waals surface area contributed by atoms with Crippen LogP contribution in [0.5, 0.6) is 0 Å². The highest BCUT2D eigenvalue weighted by Gasteiger charge is 2.15. The SMILES string of the molecule is Fc1ccc2nc(-c3cc(F)c(F)c(F)c3)nc(Cl)c2c1. The Hall–Kier alpha value is -2.21. The number of halogens is 5. The van der Waals surface area contributed by atoms with Crippen molar-refractivity contribution in [1.82, 2.24) is 9.97 Å². The molecule has 0 N–H and O–H groups in total. The number of rotatable bonds is 1. The monoisotopic (exact) mass is 312 g/mol. The molecule has 0 aliphatic heterocycles. The third-order valence-electron chi connectivity index (χ3n) is 2.85. The standard InChI is InChI=1S/C14H5ClF4N2/c15-13-8-5-7(16)1-2-11(8)20-14(21-13)6-3-9(17)12(19)10(18)4-6/h1-5H. The summed E-state index contributed by atoms with van der Waals surface area (Å²) in [7, 11) is 0. The van der Waals surface area contributed by atoms with Crippen molar-refractivity contribution in [1.29, 1.82) is 0 Å². The summed E-state index contributed by atoms with van der Waals surface area (Å²) in [5.41, 5.74) is 0.232. The van der Waals surface area contributed by atoms with Crippen molar-refractivity contribution in [2.75, 3.05) is 0 Å². The summed E-state index contributed by atoms with van der Waals surface area (Å²) >= 11 is 5.92. The highest BCUT2D eigenvalue weighted by molar-refractivity contribution is 6.34. The van der Waals surface area contributed by atoms with Crippen molar-refractivity contribution < 1.29 is 17.6 Å². The van der Waals surface area contributed by atoms with Crippen molar-refractivity contribution in [3.05, 3.63) is 58.8 Å². The van der Waals surface area contributed by atoms with Crippen LogP contribution >= 0.6 is 11.6 Å². The number of nitrogens with zero attached hydrogens (tertiary/aromatic N) is 2. The van der Waals surface area contributed by atoms with E-state index in [9.17, 15) is 17.6 Å². The quantitative estimate of drug-likeness (QED) is 0.375. The number of fused-ring (bicyclic) bond motifs is 1. The lowest BCUT2D eigenvalue weighted by atomic mass is 10.1. The molecule has 0 spiro atoms. The molecule has 1 heterocycles. The van der Waals surface area contributed by atoms with Crippen LogP contribution in [0.1, 0.15) is 0 Å². The Kier molecular flexibility index (Phi) is 3.25. The molecule has 0 saturated heterocycles. The topological polar surface area (TPSA) is 25.8 Å². The number of aromatic nitrogens is 2. The highest BCUT2D eigenvalue weighted by Crippen LogP contribution is 2.27. The number of hydrogen-bond donors (Lipinski definition) is 0. The van der Waals surface area contributed by atoms with Crippen LogP contribution in [-0.4, -0.2) is 9.97 Å². The van der Waals surface area contributed by atoms with Crippen molar-refractivity contribution in [3.8, 4) is 11.4 Å². The molecule has 0 radical (unpaired) electrons. The molecule has 0 saturated carbocycles. The third-order valence-corrected chi connectivity index (χ3v) is 3.14. The van der Waals surface area contributed by atoms with Crippen LogP contribution in [0.3, 0.4) is 0 Å². The van der Waals surface area contributed by atoms with Crippen LogP contribution < -0.4 is 0 Å². The molecule has 21 heavy (non-hydrogen) atoms. The fourth-order valence-electron chi connectivity index (χ4n) is 1.88. The molecule has 2 nitrogen and oxygen atoms in total. The second kappa shape index (κ2) is 4.96. The van der Waals surface area contributed by atoms with Crippen LogP contribution in [0.15, 0.2) is 30.3 Å². The molecule has 0 bridgehead atoms. The number of benzene rings is 2. The largest absolute Gasteiger partial charge is 0.228 e. The van der Waals surface area contributed by atoms with Crippen LogP contribution in [-0.2, 0) is 0 Å². The molecule has 3 rings (SSSR count). The minimum absolute atomic E-state index is 0.0698. The highest BCUT2D eigenvalue weighted by atomic mass is 35.5. The first kappa shape index (κ1) is 13.8. The van der Waals surface area contributed by atoms with Crippen LogP contribution in [0.25, 0.3) is 22.3 Å². The van der Waals surface area contributed by atoms with E-state index in [0.29, 0.717) is 5.52 Å². The van der Waals surface area contributed by atoms with Gasteiger partial charge in [-0.25, -0.2) is 27.5 Å². The van der Waals surface area contributed by atoms with E-state index >= 15 is 0 Å². The van der Waals surface area contributed by atoms with Gasteiger partial charge in [-0.1, -0.05) is 11.6 Å². The molecule has 0 unspecified atom stereocenters. The Morgan fingerprint density at radius 3 is 2.19 bits per heavy atom. The lowest BCUT2D eigenvalue weighted by Crippen LogP contribution is -1.96. The maximum Gasteiger partial charge on any atom is 0.194 e. The number of hydrogen-bond acceptors (Lipinski definition) is 2. The fraction of sp³-hybridized carbons (Fsp3) is 0. The van der Waals surface area contributed by atoms with Crippen molar-refractivity contribution in [2.24, 2.45) is 0 Å². The zero-order valence-electron chi connectivity index (χ0n) is 10.2. The first-order valence-electron chi connectivity index (χ1n) is 5.73. The summed E-state index contributed by atoms with van der Waals surface area (Å²) in [5, 5.41) is 0.197. The van der Waals surface area contributed by atoms with Gasteiger partial charge in [-0.3, -0.25) is 0 Å². The Balaban J connectivity index is 2.24. The van der Waals surface area contributed by atoms with E-state index in [4.69, 9.17) is 11.6 Å². The fourth-order valence-corrected chi connectivity index (χ4v) is 2.11. The van der Waals surface area contributed by atoms with E-state index in [2.05, 4.69) is 9.97 Å². The summed E-state index contributed by atoms with van der Waals surface area (Å²) in [6.45, 7) is 0. The summed E-state index contributed by atoms with van der Waals surface area (Å²) in [6, 6.07) is 5.20. The molecule has 7 heteroatoms. The van der Waals surface area contributed by atoms with Crippen LogP contribution in [0.2, 0.25) is 5.15 Å². The predicted molar refractivity (Wildman–Crippen MR) is 69.8 cm³/mol. The van der Waals surface area contributed by atoms with Crippen molar-refractivity contribution in [3.63, 3.8) is 0 Å². The first-order valence-corrected chi connectivity index (χ1v) is 6.11. The van der Waals surface area contributed by atoms with Gasteiger partial charge in [-0.05, 0) is 30.3 Å². The molecule has 1 aromatic heterocycles. The summed E-state index contributed by atoms with van der Waals surface area (Å²) in [4.78, 5) is 7.90. The normalized spacial score (nSPS) is 11.1. The molecular weight excluding hydrogens is 308 g/mol. The van der Waals surface area contributed by atoms with Gasteiger partial charge >= 0.3 is 0 Å². The van der Waals surface area contributed by atoms with Gasteiger partial charge in [-0.2, -0.15) is 0 Å². The van der Waals surface area contributed by atoms with Gasteiger partial charge in [-0.15, -0.1) is 0 Å². The Morgan fingerprint density at radius 2 is 1.52 bits per heavy atom. The summed E-state index contributed by atoms with van der Waals surface area (Å²) in [5.74, 6) is -4.89. The lowest BCUT2D eigenvalue weighted by molar-refractivity contribution is 0.447. The van der Waals surface area contributed by atoms with E-state index < -0.39 is 23.3 Å². The minimum Gasteiger partial charge on any atom is -0.228 e. The lowest BCUT2D eigenvalue weighted by Gasteiger charge is -2.06. The Morgan fingerprint density at radius 1 is 0.857 bits per heavy atom. The smallest absolute Gasteiger partial charge is 0.194 e. The van der Waals surface area contributed by atoms with Gasteiger partial charge in [0.1, 0.15) is 11.0 Å². The van der Waals surface area contributed by atoms with Crippen LogP contribution in [0, 0.1) is 23.3 Å². The molecule has 0 aliphatic rings. The molecule has 3 aromatic rings. The second-order valence-corrected chi connectivity index (χ2v) is 4.61. The minimum atomic E-state index is -1.58. The molecule has 0 amide bonds. The molecule has 106 valence electrons. The third kappa shape index (κ3) is 2.42. The molecule has 0 aliphatic carbocycles. The van der Waals surface area contributed by atoms with Gasteiger partial charge in [0, 0.05) is 10.9 Å². The molecular formula is C14H5ClF4N2. The second-order valence-electron chi connectivity index (χ2n) is 4.25. The van der Waals surface area contributed by atoms with Gasteiger partial charge < -0.3 is 0 Å². The van der Waals surface area contributed by atoms with E-state index in [-0.39, 0.29) is 21.9 Å². The van der Waals surface area contributed by atoms with E-state index in [1.807, 2.05) is 0 Å².